The van der Waals surface area contributed by atoms with Gasteiger partial charge in [0, 0.05) is 46.3 Å². The van der Waals surface area contributed by atoms with Gasteiger partial charge in [0.15, 0.2) is 0 Å². The quantitative estimate of drug-likeness (QED) is 0.141. The van der Waals surface area contributed by atoms with E-state index >= 15 is 0 Å². The third-order valence-corrected chi connectivity index (χ3v) is 11.4. The molecule has 0 saturated heterocycles. The van der Waals surface area contributed by atoms with Crippen molar-refractivity contribution in [2.45, 2.75) is 113 Å². The number of nitrogens with zero attached hydrogens (tertiary/aromatic N) is 4. The summed E-state index contributed by atoms with van der Waals surface area (Å²) in [6.07, 6.45) is 7.74. The Bertz CT molecular complexity index is 2310. The second-order valence-electron chi connectivity index (χ2n) is 17.6. The van der Waals surface area contributed by atoms with E-state index in [1.54, 1.807) is 0 Å². The van der Waals surface area contributed by atoms with Crippen molar-refractivity contribution in [1.82, 2.24) is 19.3 Å². The van der Waals surface area contributed by atoms with Crippen LogP contribution < -0.4 is 4.74 Å². The van der Waals surface area contributed by atoms with Crippen LogP contribution in [0.5, 0.6) is 11.5 Å². The Labute approximate surface area is 317 Å². The molecule has 7 rings (SSSR count). The highest BCUT2D eigenvalue weighted by atomic mass is 16.5. The van der Waals surface area contributed by atoms with Crippen LogP contribution in [0, 0.1) is 24.7 Å². The highest BCUT2D eigenvalue weighted by molar-refractivity contribution is 6.09. The van der Waals surface area contributed by atoms with Crippen molar-refractivity contribution in [3.63, 3.8) is 0 Å². The largest absolute Gasteiger partial charge is 0.457 e. The summed E-state index contributed by atoms with van der Waals surface area (Å²) in [5, 5.41) is 7.71. The fourth-order valence-electron chi connectivity index (χ4n) is 8.70. The average molecular weight is 707 g/mol. The van der Waals surface area contributed by atoms with Crippen molar-refractivity contribution in [1.29, 1.82) is 0 Å². The molecule has 1 unspecified atom stereocenters. The van der Waals surface area contributed by atoms with E-state index in [2.05, 4.69) is 164 Å². The molecule has 53 heavy (non-hydrogen) atoms. The van der Waals surface area contributed by atoms with E-state index in [0.717, 1.165) is 52.6 Å². The summed E-state index contributed by atoms with van der Waals surface area (Å²) in [6, 6.07) is 26.1. The van der Waals surface area contributed by atoms with Crippen LogP contribution in [0.25, 0.3) is 33.3 Å². The van der Waals surface area contributed by atoms with Gasteiger partial charge < -0.3 is 4.74 Å². The minimum atomic E-state index is 0.00908. The predicted octanol–water partition coefficient (Wildman–Crippen LogP) is 13.2. The Morgan fingerprint density at radius 2 is 1.60 bits per heavy atom. The van der Waals surface area contributed by atoms with Crippen molar-refractivity contribution < 1.29 is 4.74 Å². The van der Waals surface area contributed by atoms with Gasteiger partial charge in [0.1, 0.15) is 17.3 Å². The van der Waals surface area contributed by atoms with Crippen LogP contribution in [0.2, 0.25) is 0 Å². The van der Waals surface area contributed by atoms with Gasteiger partial charge in [-0.05, 0) is 116 Å². The average Bonchev–Trinajstić information content (AvgIpc) is 3.60. The molecule has 0 spiro atoms. The van der Waals surface area contributed by atoms with Gasteiger partial charge in [0.2, 0.25) is 0 Å². The highest BCUT2D eigenvalue weighted by Crippen LogP contribution is 2.44. The number of aromatic nitrogens is 4. The molecule has 3 heterocycles. The van der Waals surface area contributed by atoms with E-state index in [9.17, 15) is 0 Å². The Morgan fingerprint density at radius 3 is 2.32 bits per heavy atom. The normalized spacial score (nSPS) is 18.1. The third-order valence-electron chi connectivity index (χ3n) is 11.4. The Hall–Kier alpha value is -4.64. The lowest BCUT2D eigenvalue weighted by atomic mass is 9.72. The molecule has 3 aromatic heterocycles. The molecule has 0 amide bonds. The van der Waals surface area contributed by atoms with Crippen LogP contribution in [0.15, 0.2) is 90.6 Å². The molecular formula is C48H58N4O. The topological polar surface area (TPSA) is 44.9 Å². The van der Waals surface area contributed by atoms with Crippen molar-refractivity contribution in [2.75, 3.05) is 0 Å². The van der Waals surface area contributed by atoms with Crippen molar-refractivity contribution in [2.24, 2.45) is 17.8 Å². The van der Waals surface area contributed by atoms with Gasteiger partial charge >= 0.3 is 0 Å². The number of allylic oxidation sites excluding steroid dienone is 2. The molecule has 1 aliphatic carbocycles. The molecule has 0 radical (unpaired) electrons. The standard InChI is InChI=1S/C48H58N4O/c1-29(2)16-19-43-47(46-32(6)22-31(5)23-33(46)7)34(8)50-52(43)37-24-35(30(3)4)25-39(27-37)53-38-17-18-41-40-14-12-13-15-42(40)51(44(41)28-38)45-26-36(20-21-49-45)48(9,10)11/h12-15,17-18,20-22,24-31,33,46H,16,19,23H2,1-11H3/t31-,33-,46?/m0/s1. The summed E-state index contributed by atoms with van der Waals surface area (Å²) >= 11 is 0. The molecule has 0 saturated carbocycles. The zero-order valence-electron chi connectivity index (χ0n) is 33.8. The second-order valence-corrected chi connectivity index (χ2v) is 17.6. The molecule has 0 aliphatic heterocycles. The fourth-order valence-corrected chi connectivity index (χ4v) is 8.70. The van der Waals surface area contributed by atoms with Gasteiger partial charge in [0.25, 0.3) is 0 Å². The van der Waals surface area contributed by atoms with Gasteiger partial charge in [-0.15, -0.1) is 0 Å². The summed E-state index contributed by atoms with van der Waals surface area (Å²) in [6.45, 7) is 25.2. The van der Waals surface area contributed by atoms with Crippen LogP contribution in [0.3, 0.4) is 0 Å². The summed E-state index contributed by atoms with van der Waals surface area (Å²) in [5.41, 5.74) is 11.2. The molecule has 5 nitrogen and oxygen atoms in total. The number of para-hydroxylation sites is 1. The number of ether oxygens (including phenoxy) is 1. The zero-order valence-corrected chi connectivity index (χ0v) is 33.8. The monoisotopic (exact) mass is 706 g/mol. The number of aryl methyl sites for hydroxylation is 1. The maximum absolute atomic E-state index is 6.86. The van der Waals surface area contributed by atoms with Crippen LogP contribution in [0.4, 0.5) is 0 Å². The summed E-state index contributed by atoms with van der Waals surface area (Å²) in [5.74, 6) is 5.03. The highest BCUT2D eigenvalue weighted by Gasteiger charge is 2.32. The lowest BCUT2D eigenvalue weighted by Gasteiger charge is -2.33. The Kier molecular flexibility index (Phi) is 9.91. The van der Waals surface area contributed by atoms with E-state index in [0.29, 0.717) is 29.6 Å². The van der Waals surface area contributed by atoms with Crippen LogP contribution in [0.1, 0.15) is 122 Å². The first kappa shape index (κ1) is 36.7. The van der Waals surface area contributed by atoms with Crippen LogP contribution in [-0.2, 0) is 11.8 Å². The molecule has 1 aliphatic rings. The molecule has 5 heteroatoms. The van der Waals surface area contributed by atoms with Crippen LogP contribution in [-0.4, -0.2) is 19.3 Å². The summed E-state index contributed by atoms with van der Waals surface area (Å²) in [4.78, 5) is 4.88. The maximum atomic E-state index is 6.86. The first-order valence-electron chi connectivity index (χ1n) is 19.8. The molecular weight excluding hydrogens is 649 g/mol. The number of rotatable bonds is 9. The Morgan fingerprint density at radius 1 is 0.849 bits per heavy atom. The molecule has 6 aromatic rings. The van der Waals surface area contributed by atoms with E-state index in [-0.39, 0.29) is 5.41 Å². The minimum Gasteiger partial charge on any atom is -0.457 e. The second kappa shape index (κ2) is 14.3. The third kappa shape index (κ3) is 7.20. The Balaban J connectivity index is 1.34. The number of fused-ring (bicyclic) bond motifs is 3. The number of benzene rings is 3. The fraction of sp³-hybridized carbons (Fsp3) is 0.417. The van der Waals surface area contributed by atoms with E-state index in [1.807, 2.05) is 6.20 Å². The van der Waals surface area contributed by atoms with Crippen molar-refractivity contribution in [3.8, 4) is 23.0 Å². The van der Waals surface area contributed by atoms with E-state index < -0.39 is 0 Å². The van der Waals surface area contributed by atoms with E-state index in [1.165, 1.54) is 45.2 Å². The SMILES string of the molecule is CC1=C[C@H](C)C[C@H](C)C1c1c(C)nn(-c2cc(Oc3ccc4c5ccccc5n(-c5cc(C(C)(C)C)ccn5)c4c3)cc(C(C)C)c2)c1CCC(C)C. The van der Waals surface area contributed by atoms with Gasteiger partial charge in [-0.3, -0.25) is 4.57 Å². The summed E-state index contributed by atoms with van der Waals surface area (Å²) < 4.78 is 11.4. The lowest BCUT2D eigenvalue weighted by Crippen LogP contribution is -2.21. The first-order chi connectivity index (χ1) is 25.2. The molecule has 0 fully saturated rings. The lowest BCUT2D eigenvalue weighted by molar-refractivity contribution is 0.389. The zero-order chi connectivity index (χ0) is 37.8. The van der Waals surface area contributed by atoms with Gasteiger partial charge in [-0.25, -0.2) is 9.67 Å². The van der Waals surface area contributed by atoms with Gasteiger partial charge in [-0.2, -0.15) is 5.10 Å². The van der Waals surface area contributed by atoms with Crippen LogP contribution >= 0.6 is 0 Å². The van der Waals surface area contributed by atoms with E-state index in [4.69, 9.17) is 14.8 Å². The predicted molar refractivity (Wildman–Crippen MR) is 222 cm³/mol. The van der Waals surface area contributed by atoms with Gasteiger partial charge in [0.05, 0.1) is 22.4 Å². The summed E-state index contributed by atoms with van der Waals surface area (Å²) in [7, 11) is 0. The smallest absolute Gasteiger partial charge is 0.137 e. The maximum Gasteiger partial charge on any atom is 0.137 e. The minimum absolute atomic E-state index is 0.00908. The first-order valence-corrected chi connectivity index (χ1v) is 19.8. The van der Waals surface area contributed by atoms with Crippen molar-refractivity contribution in [3.05, 3.63) is 119 Å². The number of pyridine rings is 1. The molecule has 0 bridgehead atoms. The molecule has 3 aromatic carbocycles. The number of hydrogen-bond acceptors (Lipinski definition) is 3. The van der Waals surface area contributed by atoms with Crippen molar-refractivity contribution >= 4 is 21.8 Å². The molecule has 0 N–H and O–H groups in total. The number of hydrogen-bond donors (Lipinski definition) is 0. The van der Waals surface area contributed by atoms with Gasteiger partial charge in [-0.1, -0.05) is 92.2 Å². The molecule has 276 valence electrons. The molecule has 3 atom stereocenters.